The molecule has 0 amide bonds. The molecular weight excluding hydrogens is 206 g/mol. The summed E-state index contributed by atoms with van der Waals surface area (Å²) in [4.78, 5) is 4.14. The third-order valence-electron chi connectivity index (χ3n) is 2.71. The highest BCUT2D eigenvalue weighted by atomic mass is 16.5. The lowest BCUT2D eigenvalue weighted by atomic mass is 10.1. The van der Waals surface area contributed by atoms with Crippen LogP contribution in [0.15, 0.2) is 12.3 Å². The van der Waals surface area contributed by atoms with E-state index in [2.05, 4.69) is 4.98 Å². The van der Waals surface area contributed by atoms with Gasteiger partial charge in [-0.15, -0.1) is 0 Å². The van der Waals surface area contributed by atoms with E-state index in [0.29, 0.717) is 0 Å². The van der Waals surface area contributed by atoms with Crippen LogP contribution >= 0.6 is 0 Å². The molecule has 0 atom stereocenters. The van der Waals surface area contributed by atoms with Crippen molar-refractivity contribution in [3.8, 4) is 5.75 Å². The van der Waals surface area contributed by atoms with Crippen LogP contribution in [0.2, 0.25) is 0 Å². The normalized spacial score (nSPS) is 17.4. The van der Waals surface area contributed by atoms with Crippen molar-refractivity contribution in [1.82, 2.24) is 4.98 Å². The van der Waals surface area contributed by atoms with Gasteiger partial charge in [0.05, 0.1) is 19.8 Å². The zero-order valence-corrected chi connectivity index (χ0v) is 9.48. The Bertz CT molecular complexity index is 348. The second-order valence-electron chi connectivity index (χ2n) is 4.02. The number of aliphatic hydroxyl groups is 1. The Labute approximate surface area is 95.2 Å². The molecule has 2 heterocycles. The van der Waals surface area contributed by atoms with E-state index in [1.165, 1.54) is 0 Å². The SMILES string of the molecule is Cc1cc(OC2CCOCC2)c(CO)cn1. The van der Waals surface area contributed by atoms with Crippen LogP contribution in [0.4, 0.5) is 0 Å². The average molecular weight is 223 g/mol. The summed E-state index contributed by atoms with van der Waals surface area (Å²) in [5.41, 5.74) is 1.65. The van der Waals surface area contributed by atoms with Crippen LogP contribution in [0.1, 0.15) is 24.1 Å². The molecule has 0 spiro atoms. The van der Waals surface area contributed by atoms with E-state index in [1.54, 1.807) is 6.20 Å². The van der Waals surface area contributed by atoms with E-state index in [-0.39, 0.29) is 12.7 Å². The van der Waals surface area contributed by atoms with Crippen molar-refractivity contribution in [3.05, 3.63) is 23.5 Å². The molecule has 1 fully saturated rings. The van der Waals surface area contributed by atoms with E-state index in [4.69, 9.17) is 9.47 Å². The van der Waals surface area contributed by atoms with Crippen LogP contribution in [-0.2, 0) is 11.3 Å². The van der Waals surface area contributed by atoms with Crippen molar-refractivity contribution in [2.45, 2.75) is 32.5 Å². The topological polar surface area (TPSA) is 51.6 Å². The summed E-state index contributed by atoms with van der Waals surface area (Å²) < 4.78 is 11.2. The minimum Gasteiger partial charge on any atom is -0.490 e. The molecule has 0 aliphatic carbocycles. The van der Waals surface area contributed by atoms with Crippen LogP contribution < -0.4 is 4.74 Å². The van der Waals surface area contributed by atoms with Crippen molar-refractivity contribution in [3.63, 3.8) is 0 Å². The summed E-state index contributed by atoms with van der Waals surface area (Å²) in [5.74, 6) is 0.752. The number of nitrogens with zero attached hydrogens (tertiary/aromatic N) is 1. The summed E-state index contributed by atoms with van der Waals surface area (Å²) in [6, 6.07) is 1.88. The largest absolute Gasteiger partial charge is 0.490 e. The standard InChI is InChI=1S/C12H17NO3/c1-9-6-12(10(8-14)7-13-9)16-11-2-4-15-5-3-11/h6-7,11,14H,2-5,8H2,1H3. The number of hydrogen-bond donors (Lipinski definition) is 1. The molecule has 4 heteroatoms. The molecule has 1 aliphatic heterocycles. The highest BCUT2D eigenvalue weighted by Gasteiger charge is 2.16. The molecular formula is C12H17NO3. The Morgan fingerprint density at radius 1 is 1.50 bits per heavy atom. The minimum absolute atomic E-state index is 0.0359. The van der Waals surface area contributed by atoms with E-state index < -0.39 is 0 Å². The fourth-order valence-electron chi connectivity index (χ4n) is 1.76. The number of hydrogen-bond acceptors (Lipinski definition) is 4. The first kappa shape index (κ1) is 11.4. The van der Waals surface area contributed by atoms with Crippen molar-refractivity contribution in [1.29, 1.82) is 0 Å². The van der Waals surface area contributed by atoms with Gasteiger partial charge >= 0.3 is 0 Å². The summed E-state index contributed by atoms with van der Waals surface area (Å²) in [6.07, 6.45) is 3.68. The molecule has 0 unspecified atom stereocenters. The number of rotatable bonds is 3. The molecule has 2 rings (SSSR count). The third kappa shape index (κ3) is 2.71. The van der Waals surface area contributed by atoms with Gasteiger partial charge in [0.15, 0.2) is 0 Å². The first-order chi connectivity index (χ1) is 7.79. The lowest BCUT2D eigenvalue weighted by Gasteiger charge is -2.24. The van der Waals surface area contributed by atoms with Crippen LogP contribution in [0.5, 0.6) is 5.75 Å². The number of aliphatic hydroxyl groups excluding tert-OH is 1. The van der Waals surface area contributed by atoms with Crippen molar-refractivity contribution < 1.29 is 14.6 Å². The molecule has 0 bridgehead atoms. The van der Waals surface area contributed by atoms with E-state index in [1.807, 2.05) is 13.0 Å². The van der Waals surface area contributed by atoms with Crippen LogP contribution in [-0.4, -0.2) is 29.4 Å². The Kier molecular flexibility index (Phi) is 3.74. The second kappa shape index (κ2) is 5.27. The van der Waals surface area contributed by atoms with E-state index in [9.17, 15) is 5.11 Å². The molecule has 1 saturated heterocycles. The molecule has 16 heavy (non-hydrogen) atoms. The van der Waals surface area contributed by atoms with Gasteiger partial charge in [0, 0.05) is 36.4 Å². The lowest BCUT2D eigenvalue weighted by Crippen LogP contribution is -2.26. The molecule has 0 saturated carbocycles. The van der Waals surface area contributed by atoms with Gasteiger partial charge < -0.3 is 14.6 Å². The monoisotopic (exact) mass is 223 g/mol. The van der Waals surface area contributed by atoms with Gasteiger partial charge in [-0.3, -0.25) is 4.98 Å². The number of aromatic nitrogens is 1. The maximum absolute atomic E-state index is 9.19. The smallest absolute Gasteiger partial charge is 0.128 e. The highest BCUT2D eigenvalue weighted by molar-refractivity contribution is 5.32. The van der Waals surface area contributed by atoms with Crippen molar-refractivity contribution in [2.75, 3.05) is 13.2 Å². The molecule has 88 valence electrons. The average Bonchev–Trinajstić information content (AvgIpc) is 2.31. The minimum atomic E-state index is -0.0359. The van der Waals surface area contributed by atoms with Gasteiger partial charge in [0.1, 0.15) is 11.9 Å². The Morgan fingerprint density at radius 3 is 2.94 bits per heavy atom. The Balaban J connectivity index is 2.09. The molecule has 1 aliphatic rings. The predicted octanol–water partition coefficient (Wildman–Crippen LogP) is 1.44. The van der Waals surface area contributed by atoms with E-state index >= 15 is 0 Å². The maximum Gasteiger partial charge on any atom is 0.128 e. The van der Waals surface area contributed by atoms with Crippen LogP contribution in [0, 0.1) is 6.92 Å². The summed E-state index contributed by atoms with van der Waals surface area (Å²) in [6.45, 7) is 3.39. The lowest BCUT2D eigenvalue weighted by molar-refractivity contribution is 0.0247. The zero-order valence-electron chi connectivity index (χ0n) is 9.48. The molecule has 1 aromatic heterocycles. The summed E-state index contributed by atoms with van der Waals surface area (Å²) in [5, 5.41) is 9.19. The van der Waals surface area contributed by atoms with Gasteiger partial charge in [0.2, 0.25) is 0 Å². The van der Waals surface area contributed by atoms with Gasteiger partial charge in [-0.2, -0.15) is 0 Å². The number of pyridine rings is 1. The number of ether oxygens (including phenoxy) is 2. The van der Waals surface area contributed by atoms with Gasteiger partial charge in [-0.25, -0.2) is 0 Å². The summed E-state index contributed by atoms with van der Waals surface area (Å²) >= 11 is 0. The summed E-state index contributed by atoms with van der Waals surface area (Å²) in [7, 11) is 0. The first-order valence-corrected chi connectivity index (χ1v) is 5.60. The maximum atomic E-state index is 9.19. The van der Waals surface area contributed by atoms with E-state index in [0.717, 1.165) is 43.1 Å². The molecule has 1 N–H and O–H groups in total. The Morgan fingerprint density at radius 2 is 2.25 bits per heavy atom. The highest BCUT2D eigenvalue weighted by Crippen LogP contribution is 2.22. The van der Waals surface area contributed by atoms with Gasteiger partial charge in [-0.1, -0.05) is 0 Å². The predicted molar refractivity (Wildman–Crippen MR) is 59.4 cm³/mol. The first-order valence-electron chi connectivity index (χ1n) is 5.60. The van der Waals surface area contributed by atoms with Crippen LogP contribution in [0.25, 0.3) is 0 Å². The molecule has 0 aromatic carbocycles. The van der Waals surface area contributed by atoms with Crippen molar-refractivity contribution in [2.24, 2.45) is 0 Å². The molecule has 0 radical (unpaired) electrons. The molecule has 1 aromatic rings. The van der Waals surface area contributed by atoms with Crippen molar-refractivity contribution >= 4 is 0 Å². The van der Waals surface area contributed by atoms with Gasteiger partial charge in [0.25, 0.3) is 0 Å². The Hall–Kier alpha value is -1.13. The zero-order chi connectivity index (χ0) is 11.4. The van der Waals surface area contributed by atoms with Crippen LogP contribution in [0.3, 0.4) is 0 Å². The fraction of sp³-hybridized carbons (Fsp3) is 0.583. The third-order valence-corrected chi connectivity index (χ3v) is 2.71. The number of aryl methyl sites for hydroxylation is 1. The molecule has 4 nitrogen and oxygen atoms in total. The fourth-order valence-corrected chi connectivity index (χ4v) is 1.76. The van der Waals surface area contributed by atoms with Gasteiger partial charge in [-0.05, 0) is 6.92 Å². The second-order valence-corrected chi connectivity index (χ2v) is 4.02. The quantitative estimate of drug-likeness (QED) is 0.842.